The molecule has 0 saturated carbocycles. The van der Waals surface area contributed by atoms with Crippen LogP contribution in [0, 0.1) is 0 Å². The molecule has 5 N–H and O–H groups in total. The van der Waals surface area contributed by atoms with E-state index in [0.29, 0.717) is 53.9 Å². The number of nitrogens with one attached hydrogen (secondary N) is 2. The van der Waals surface area contributed by atoms with Crippen LogP contribution < -0.4 is 11.1 Å². The van der Waals surface area contributed by atoms with Crippen molar-refractivity contribution in [3.8, 4) is 11.3 Å². The molecule has 11 heteroatoms. The summed E-state index contributed by atoms with van der Waals surface area (Å²) in [5, 5.41) is 18.4. The van der Waals surface area contributed by atoms with Crippen LogP contribution in [-0.4, -0.2) is 62.8 Å². The Morgan fingerprint density at radius 1 is 1.26 bits per heavy atom. The number of aliphatic hydroxyl groups is 1. The first-order valence-electron chi connectivity index (χ1n) is 11.3. The summed E-state index contributed by atoms with van der Waals surface area (Å²) >= 11 is 13.0. The summed E-state index contributed by atoms with van der Waals surface area (Å²) in [6.07, 6.45) is 5.19. The normalized spacial score (nSPS) is 13.4. The van der Waals surface area contributed by atoms with Gasteiger partial charge in [0.25, 0.3) is 0 Å². The smallest absolute Gasteiger partial charge is 0.248 e. The van der Waals surface area contributed by atoms with Gasteiger partial charge in [-0.05, 0) is 31.5 Å². The van der Waals surface area contributed by atoms with Crippen LogP contribution in [0.5, 0.6) is 0 Å². The van der Waals surface area contributed by atoms with Crippen molar-refractivity contribution in [3.63, 3.8) is 0 Å². The number of carbonyl (C=O) groups is 2. The van der Waals surface area contributed by atoms with Gasteiger partial charge in [-0.15, -0.1) is 0 Å². The number of amides is 2. The summed E-state index contributed by atoms with van der Waals surface area (Å²) in [5.41, 5.74) is 9.50. The molecule has 9 nitrogen and oxygen atoms in total. The second-order valence-electron chi connectivity index (χ2n) is 8.37. The summed E-state index contributed by atoms with van der Waals surface area (Å²) in [6.45, 7) is 1.70. The lowest BCUT2D eigenvalue weighted by molar-refractivity contribution is -0.135. The van der Waals surface area contributed by atoms with E-state index in [1.165, 1.54) is 0 Å². The maximum absolute atomic E-state index is 12.3. The number of nitrogens with zero attached hydrogens (tertiary/aromatic N) is 3. The van der Waals surface area contributed by atoms with Crippen molar-refractivity contribution < 1.29 is 14.7 Å². The third kappa shape index (κ3) is 5.07. The van der Waals surface area contributed by atoms with Gasteiger partial charge in [-0.3, -0.25) is 14.3 Å². The molecule has 1 aromatic carbocycles. The van der Waals surface area contributed by atoms with E-state index >= 15 is 0 Å². The third-order valence-corrected chi connectivity index (χ3v) is 6.84. The van der Waals surface area contributed by atoms with Gasteiger partial charge in [0.2, 0.25) is 11.8 Å². The maximum Gasteiger partial charge on any atom is 0.248 e. The number of halogens is 2. The van der Waals surface area contributed by atoms with Crippen LogP contribution in [0.15, 0.2) is 18.3 Å². The lowest BCUT2D eigenvalue weighted by Gasteiger charge is -2.26. The van der Waals surface area contributed by atoms with Gasteiger partial charge in [-0.25, -0.2) is 0 Å². The molecule has 0 saturated heterocycles. The molecule has 4 rings (SSSR count). The first kappa shape index (κ1) is 24.5. The summed E-state index contributed by atoms with van der Waals surface area (Å²) in [4.78, 5) is 29.4. The van der Waals surface area contributed by atoms with E-state index in [1.807, 2.05) is 6.07 Å². The molecule has 0 atom stereocenters. The van der Waals surface area contributed by atoms with Gasteiger partial charge in [-0.1, -0.05) is 29.6 Å². The highest BCUT2D eigenvalue weighted by Gasteiger charge is 2.27. The monoisotopic (exact) mass is 506 g/mol. The van der Waals surface area contributed by atoms with Crippen molar-refractivity contribution in [1.29, 1.82) is 0 Å². The highest BCUT2D eigenvalue weighted by molar-refractivity contribution is 6.45. The number of unbranched alkanes of at least 4 members (excludes halogenated alkanes) is 2. The molecule has 3 heterocycles. The number of nitrogens with two attached hydrogens (primary N) is 1. The van der Waals surface area contributed by atoms with Crippen molar-refractivity contribution >= 4 is 45.9 Å². The summed E-state index contributed by atoms with van der Waals surface area (Å²) in [5.74, 6) is -0.432. The second kappa shape index (κ2) is 10.8. The Labute approximate surface area is 207 Å². The quantitative estimate of drug-likeness (QED) is 0.331. The number of aliphatic hydroxyl groups excluding tert-OH is 1. The SMILES string of the molecule is NCCCCCNC(=O)Cn1ccc(-c2cc(Cl)c(Cl)c3[nH]c4c(c23)CN(C(=O)CO)CC4)n1. The Balaban J connectivity index is 1.60. The first-order valence-corrected chi connectivity index (χ1v) is 12.1. The Morgan fingerprint density at radius 2 is 2.09 bits per heavy atom. The molecule has 0 aliphatic carbocycles. The lowest BCUT2D eigenvalue weighted by Crippen LogP contribution is -2.37. The minimum absolute atomic E-state index is 0.103. The fourth-order valence-corrected chi connectivity index (χ4v) is 4.72. The van der Waals surface area contributed by atoms with Crippen molar-refractivity contribution in [1.82, 2.24) is 25.0 Å². The molecule has 0 spiro atoms. The predicted octanol–water partition coefficient (Wildman–Crippen LogP) is 2.46. The number of benzene rings is 1. The van der Waals surface area contributed by atoms with Crippen molar-refractivity contribution in [2.45, 2.75) is 38.8 Å². The number of rotatable bonds is 9. The van der Waals surface area contributed by atoms with Crippen molar-refractivity contribution in [3.05, 3.63) is 39.6 Å². The number of hydrogen-bond acceptors (Lipinski definition) is 5. The van der Waals surface area contributed by atoms with E-state index in [2.05, 4.69) is 15.4 Å². The molecule has 0 fully saturated rings. The van der Waals surface area contributed by atoms with Crippen LogP contribution in [0.3, 0.4) is 0 Å². The van der Waals surface area contributed by atoms with Crippen molar-refractivity contribution in [2.75, 3.05) is 26.2 Å². The molecule has 3 aromatic rings. The van der Waals surface area contributed by atoms with Crippen LogP contribution >= 0.6 is 23.2 Å². The predicted molar refractivity (Wildman–Crippen MR) is 132 cm³/mol. The average Bonchev–Trinajstić information content (AvgIpc) is 3.45. The molecule has 0 radical (unpaired) electrons. The van der Waals surface area contributed by atoms with E-state index in [-0.39, 0.29) is 18.4 Å². The highest BCUT2D eigenvalue weighted by Crippen LogP contribution is 2.41. The van der Waals surface area contributed by atoms with Gasteiger partial charge in [0.1, 0.15) is 13.2 Å². The van der Waals surface area contributed by atoms with E-state index in [1.54, 1.807) is 21.8 Å². The lowest BCUT2D eigenvalue weighted by atomic mass is 9.99. The molecule has 2 amide bonds. The van der Waals surface area contributed by atoms with Gasteiger partial charge in [-0.2, -0.15) is 5.10 Å². The molecule has 0 unspecified atom stereocenters. The van der Waals surface area contributed by atoms with Crippen LogP contribution in [0.2, 0.25) is 10.0 Å². The molecular weight excluding hydrogens is 479 g/mol. The average molecular weight is 507 g/mol. The van der Waals surface area contributed by atoms with Crippen molar-refractivity contribution in [2.24, 2.45) is 5.73 Å². The number of fused-ring (bicyclic) bond motifs is 3. The number of carbonyl (C=O) groups excluding carboxylic acids is 2. The molecule has 1 aliphatic heterocycles. The molecule has 34 heavy (non-hydrogen) atoms. The Morgan fingerprint density at radius 3 is 2.85 bits per heavy atom. The molecule has 1 aliphatic rings. The van der Waals surface area contributed by atoms with E-state index < -0.39 is 6.61 Å². The number of aromatic amines is 1. The highest BCUT2D eigenvalue weighted by atomic mass is 35.5. The fourth-order valence-electron chi connectivity index (χ4n) is 4.32. The van der Waals surface area contributed by atoms with Gasteiger partial charge in [0.15, 0.2) is 0 Å². The molecule has 2 aromatic heterocycles. The van der Waals surface area contributed by atoms with Crippen LogP contribution in [-0.2, 0) is 29.1 Å². The zero-order chi connectivity index (χ0) is 24.2. The standard InChI is InChI=1S/C23H28Cl2N6O3/c24-16-10-14(18-5-9-31(29-18)12-19(33)27-7-3-1-2-6-26)21-15-11-30(20(34)13-32)8-4-17(15)28-23(21)22(16)25/h5,9-10,28,32H,1-4,6-8,11-13,26H2,(H,27,33). The molecule has 0 bridgehead atoms. The second-order valence-corrected chi connectivity index (χ2v) is 9.16. The summed E-state index contributed by atoms with van der Waals surface area (Å²) in [7, 11) is 0. The van der Waals surface area contributed by atoms with E-state index in [4.69, 9.17) is 28.9 Å². The van der Waals surface area contributed by atoms with E-state index in [0.717, 1.165) is 41.5 Å². The topological polar surface area (TPSA) is 129 Å². The summed E-state index contributed by atoms with van der Waals surface area (Å²) < 4.78 is 1.58. The number of hydrogen-bond donors (Lipinski definition) is 4. The third-order valence-electron chi connectivity index (χ3n) is 6.06. The van der Waals surface area contributed by atoms with Gasteiger partial charge < -0.3 is 26.0 Å². The minimum atomic E-state index is -0.531. The van der Waals surface area contributed by atoms with Gasteiger partial charge >= 0.3 is 0 Å². The molecule has 182 valence electrons. The number of H-pyrrole nitrogens is 1. The Kier molecular flexibility index (Phi) is 7.77. The van der Waals surface area contributed by atoms with Crippen LogP contribution in [0.1, 0.15) is 30.5 Å². The fraction of sp³-hybridized carbons (Fsp3) is 0.435. The number of aromatic nitrogens is 3. The van der Waals surface area contributed by atoms with Crippen LogP contribution in [0.25, 0.3) is 22.2 Å². The Bertz CT molecular complexity index is 1210. The van der Waals surface area contributed by atoms with Gasteiger partial charge in [0, 0.05) is 54.5 Å². The largest absolute Gasteiger partial charge is 0.387 e. The zero-order valence-corrected chi connectivity index (χ0v) is 20.3. The zero-order valence-electron chi connectivity index (χ0n) is 18.7. The molecular formula is C23H28Cl2N6O3. The first-order chi connectivity index (χ1) is 16.4. The Hall–Kier alpha value is -2.59. The van der Waals surface area contributed by atoms with E-state index in [9.17, 15) is 14.7 Å². The minimum Gasteiger partial charge on any atom is -0.387 e. The van der Waals surface area contributed by atoms with Crippen LogP contribution in [0.4, 0.5) is 0 Å². The summed E-state index contributed by atoms with van der Waals surface area (Å²) in [6, 6.07) is 3.59. The maximum atomic E-state index is 12.3. The van der Waals surface area contributed by atoms with Gasteiger partial charge in [0.05, 0.1) is 21.3 Å².